The fourth-order valence-corrected chi connectivity index (χ4v) is 0.613. The van der Waals surface area contributed by atoms with Crippen LogP contribution in [0.2, 0.25) is 0 Å². The quantitative estimate of drug-likeness (QED) is 0.575. The lowest BCUT2D eigenvalue weighted by molar-refractivity contribution is -0.113. The van der Waals surface area contributed by atoms with Crippen molar-refractivity contribution < 1.29 is 4.79 Å². The molecule has 0 saturated heterocycles. The lowest BCUT2D eigenvalue weighted by Gasteiger charge is -2.13. The molecule has 3 nitrogen and oxygen atoms in total. The van der Waals surface area contributed by atoms with Crippen LogP contribution in [0.4, 0.5) is 0 Å². The van der Waals surface area contributed by atoms with Gasteiger partial charge in [0, 0.05) is 25.4 Å². The highest BCUT2D eigenvalue weighted by molar-refractivity contribution is 5.85. The lowest BCUT2D eigenvalue weighted by Crippen LogP contribution is -2.17. The van der Waals surface area contributed by atoms with Crippen molar-refractivity contribution in [2.45, 2.75) is 13.8 Å². The molecule has 0 radical (unpaired) electrons. The number of carbonyl (C=O) groups is 1. The molecule has 0 atom stereocenters. The molecular weight excluding hydrogens is 128 g/mol. The Labute approximate surface area is 61.5 Å². The number of hydrogen-bond donors (Lipinski definition) is 1. The van der Waals surface area contributed by atoms with Gasteiger partial charge in [-0.2, -0.15) is 0 Å². The second-order valence-corrected chi connectivity index (χ2v) is 1.94. The van der Waals surface area contributed by atoms with Gasteiger partial charge in [-0.3, -0.25) is 4.79 Å². The fourth-order valence-electron chi connectivity index (χ4n) is 0.613. The highest BCUT2D eigenvalue weighted by Crippen LogP contribution is 1.86. The highest BCUT2D eigenvalue weighted by Gasteiger charge is 1.89. The summed E-state index contributed by atoms with van der Waals surface area (Å²) < 4.78 is 0. The van der Waals surface area contributed by atoms with E-state index in [2.05, 4.69) is 0 Å². The van der Waals surface area contributed by atoms with Gasteiger partial charge in [-0.15, -0.1) is 0 Å². The first-order valence-electron chi connectivity index (χ1n) is 3.42. The number of amides is 1. The molecule has 0 aromatic heterocycles. The first-order chi connectivity index (χ1) is 4.70. The van der Waals surface area contributed by atoms with Crippen LogP contribution in [0.15, 0.2) is 12.3 Å². The molecule has 0 heterocycles. The Balaban J connectivity index is 3.72. The van der Waals surface area contributed by atoms with Crippen LogP contribution in [0.1, 0.15) is 13.8 Å². The summed E-state index contributed by atoms with van der Waals surface area (Å²) in [5.74, 6) is -0.396. The van der Waals surface area contributed by atoms with Gasteiger partial charge in [-0.05, 0) is 13.8 Å². The third-order valence-corrected chi connectivity index (χ3v) is 1.26. The Morgan fingerprint density at radius 2 is 2.00 bits per heavy atom. The molecule has 0 aliphatic heterocycles. The minimum Gasteiger partial charge on any atom is -0.378 e. The number of nitrogens with zero attached hydrogens (tertiary/aromatic N) is 1. The van der Waals surface area contributed by atoms with Crippen LogP contribution in [-0.2, 0) is 4.79 Å². The van der Waals surface area contributed by atoms with Crippen LogP contribution in [0.25, 0.3) is 0 Å². The third-order valence-electron chi connectivity index (χ3n) is 1.26. The van der Waals surface area contributed by atoms with Crippen molar-refractivity contribution in [1.29, 1.82) is 0 Å². The van der Waals surface area contributed by atoms with Crippen LogP contribution in [-0.4, -0.2) is 23.9 Å². The third kappa shape index (κ3) is 3.95. The summed E-state index contributed by atoms with van der Waals surface area (Å²) in [5, 5.41) is 0. The average Bonchev–Trinajstić information content (AvgIpc) is 1.90. The van der Waals surface area contributed by atoms with Gasteiger partial charge < -0.3 is 10.6 Å². The molecule has 3 heteroatoms. The molecule has 0 fully saturated rings. The van der Waals surface area contributed by atoms with Crippen molar-refractivity contribution >= 4 is 5.91 Å². The summed E-state index contributed by atoms with van der Waals surface area (Å²) >= 11 is 0. The van der Waals surface area contributed by atoms with E-state index in [0.29, 0.717) is 0 Å². The van der Waals surface area contributed by atoms with Gasteiger partial charge in [-0.25, -0.2) is 0 Å². The Hall–Kier alpha value is -0.990. The van der Waals surface area contributed by atoms with Crippen LogP contribution in [0.3, 0.4) is 0 Å². The van der Waals surface area contributed by atoms with E-state index in [9.17, 15) is 4.79 Å². The van der Waals surface area contributed by atoms with Crippen molar-refractivity contribution in [2.75, 3.05) is 13.1 Å². The van der Waals surface area contributed by atoms with Crippen LogP contribution < -0.4 is 5.73 Å². The minimum absolute atomic E-state index is 0.396. The van der Waals surface area contributed by atoms with Crippen molar-refractivity contribution in [3.05, 3.63) is 12.3 Å². The van der Waals surface area contributed by atoms with Gasteiger partial charge in [0.25, 0.3) is 0 Å². The number of primary amides is 1. The molecule has 0 saturated carbocycles. The molecule has 0 aliphatic carbocycles. The summed E-state index contributed by atoms with van der Waals surface area (Å²) in [6.07, 6.45) is 3.08. The van der Waals surface area contributed by atoms with Gasteiger partial charge in [0.2, 0.25) is 5.91 Å². The Morgan fingerprint density at radius 1 is 1.50 bits per heavy atom. The molecule has 0 rings (SSSR count). The van der Waals surface area contributed by atoms with Crippen molar-refractivity contribution in [3.63, 3.8) is 0 Å². The SMILES string of the molecule is CCN(/C=C/C(N)=O)CC. The summed E-state index contributed by atoms with van der Waals surface area (Å²) in [6, 6.07) is 0. The molecule has 2 N–H and O–H groups in total. The van der Waals surface area contributed by atoms with E-state index in [1.54, 1.807) is 6.20 Å². The van der Waals surface area contributed by atoms with E-state index in [1.165, 1.54) is 6.08 Å². The Bertz CT molecular complexity index is 128. The minimum atomic E-state index is -0.396. The first kappa shape index (κ1) is 9.01. The number of carbonyl (C=O) groups excluding carboxylic acids is 1. The molecule has 0 aromatic carbocycles. The Morgan fingerprint density at radius 3 is 2.30 bits per heavy atom. The standard InChI is InChI=1S/C7H14N2O/c1-3-9(4-2)6-5-7(8)10/h5-6H,3-4H2,1-2H3,(H2,8,10)/b6-5+. The molecule has 58 valence electrons. The normalized spacial score (nSPS) is 10.2. The maximum Gasteiger partial charge on any atom is 0.242 e. The van der Waals surface area contributed by atoms with Crippen molar-refractivity contribution in [3.8, 4) is 0 Å². The largest absolute Gasteiger partial charge is 0.378 e. The van der Waals surface area contributed by atoms with E-state index in [0.717, 1.165) is 13.1 Å². The van der Waals surface area contributed by atoms with E-state index >= 15 is 0 Å². The summed E-state index contributed by atoms with van der Waals surface area (Å²) in [5.41, 5.74) is 4.90. The Kier molecular flexibility index (Phi) is 4.37. The molecule has 0 aliphatic rings. The van der Waals surface area contributed by atoms with Gasteiger partial charge in [0.05, 0.1) is 0 Å². The second-order valence-electron chi connectivity index (χ2n) is 1.94. The molecule has 1 amide bonds. The zero-order valence-electron chi connectivity index (χ0n) is 6.50. The number of hydrogen-bond acceptors (Lipinski definition) is 2. The topological polar surface area (TPSA) is 46.3 Å². The molecule has 0 unspecified atom stereocenters. The maximum atomic E-state index is 10.2. The van der Waals surface area contributed by atoms with E-state index in [4.69, 9.17) is 5.73 Å². The van der Waals surface area contributed by atoms with Gasteiger partial charge >= 0.3 is 0 Å². The fraction of sp³-hybridized carbons (Fsp3) is 0.571. The van der Waals surface area contributed by atoms with Crippen molar-refractivity contribution in [2.24, 2.45) is 5.73 Å². The average molecular weight is 142 g/mol. The summed E-state index contributed by atoms with van der Waals surface area (Å²) in [7, 11) is 0. The predicted molar refractivity (Wildman–Crippen MR) is 41.3 cm³/mol. The predicted octanol–water partition coefficient (Wildman–Crippen LogP) is 0.327. The zero-order chi connectivity index (χ0) is 7.98. The summed E-state index contributed by atoms with van der Waals surface area (Å²) in [6.45, 7) is 5.85. The van der Waals surface area contributed by atoms with Crippen molar-refractivity contribution in [1.82, 2.24) is 4.90 Å². The second kappa shape index (κ2) is 4.85. The van der Waals surface area contributed by atoms with Gasteiger partial charge in [-0.1, -0.05) is 0 Å². The van der Waals surface area contributed by atoms with Gasteiger partial charge in [0.15, 0.2) is 0 Å². The first-order valence-corrected chi connectivity index (χ1v) is 3.42. The molecule has 0 aromatic rings. The number of rotatable bonds is 4. The van der Waals surface area contributed by atoms with Gasteiger partial charge in [0.1, 0.15) is 0 Å². The summed E-state index contributed by atoms with van der Waals surface area (Å²) in [4.78, 5) is 12.2. The maximum absolute atomic E-state index is 10.2. The molecular formula is C7H14N2O. The zero-order valence-corrected chi connectivity index (χ0v) is 6.50. The van der Waals surface area contributed by atoms with Crippen LogP contribution in [0, 0.1) is 0 Å². The molecule has 0 spiro atoms. The monoisotopic (exact) mass is 142 g/mol. The number of nitrogens with two attached hydrogens (primary N) is 1. The van der Waals surface area contributed by atoms with E-state index < -0.39 is 5.91 Å². The van der Waals surface area contributed by atoms with E-state index in [1.807, 2.05) is 18.7 Å². The van der Waals surface area contributed by atoms with Crippen LogP contribution >= 0.6 is 0 Å². The van der Waals surface area contributed by atoms with E-state index in [-0.39, 0.29) is 0 Å². The smallest absolute Gasteiger partial charge is 0.242 e. The molecule has 10 heavy (non-hydrogen) atoms. The highest BCUT2D eigenvalue weighted by atomic mass is 16.1. The van der Waals surface area contributed by atoms with Crippen LogP contribution in [0.5, 0.6) is 0 Å². The molecule has 0 bridgehead atoms. The lowest BCUT2D eigenvalue weighted by atomic mass is 10.5.